The van der Waals surface area contributed by atoms with Crippen molar-refractivity contribution in [3.63, 3.8) is 0 Å². The molecule has 1 aliphatic carbocycles. The van der Waals surface area contributed by atoms with Crippen LogP contribution in [-0.2, 0) is 10.2 Å². The first-order chi connectivity index (χ1) is 7.65. The van der Waals surface area contributed by atoms with Crippen molar-refractivity contribution >= 4 is 5.97 Å². The third-order valence-electron chi connectivity index (χ3n) is 3.56. The standard InChI is InChI=1S/C13H16O3/c1-3-9-8-13(9,12(14)15)10-5-4-6-11(7-10)16-2/h4-7,9H,3,8H2,1-2H3,(H,14,15). The molecule has 3 heteroatoms. The largest absolute Gasteiger partial charge is 0.497 e. The van der Waals surface area contributed by atoms with E-state index < -0.39 is 11.4 Å². The Labute approximate surface area is 95.0 Å². The average Bonchev–Trinajstić information content (AvgIpc) is 3.05. The van der Waals surface area contributed by atoms with Crippen LogP contribution in [0.3, 0.4) is 0 Å². The number of carbonyl (C=O) groups is 1. The molecule has 1 aliphatic rings. The van der Waals surface area contributed by atoms with E-state index in [2.05, 4.69) is 0 Å². The van der Waals surface area contributed by atoms with E-state index in [9.17, 15) is 9.90 Å². The summed E-state index contributed by atoms with van der Waals surface area (Å²) >= 11 is 0. The summed E-state index contributed by atoms with van der Waals surface area (Å²) < 4.78 is 5.13. The minimum atomic E-state index is -0.715. The molecule has 86 valence electrons. The highest BCUT2D eigenvalue weighted by Gasteiger charge is 2.60. The average molecular weight is 220 g/mol. The maximum atomic E-state index is 11.4. The van der Waals surface area contributed by atoms with Crippen molar-refractivity contribution in [1.82, 2.24) is 0 Å². The van der Waals surface area contributed by atoms with Crippen LogP contribution in [0.25, 0.3) is 0 Å². The quantitative estimate of drug-likeness (QED) is 0.847. The lowest BCUT2D eigenvalue weighted by molar-refractivity contribution is -0.140. The molecule has 0 saturated heterocycles. The zero-order valence-corrected chi connectivity index (χ0v) is 9.56. The molecule has 0 heterocycles. The SMILES string of the molecule is CCC1CC1(C(=O)O)c1cccc(OC)c1. The van der Waals surface area contributed by atoms with Crippen LogP contribution in [0.15, 0.2) is 24.3 Å². The number of benzene rings is 1. The minimum absolute atomic E-state index is 0.261. The molecule has 0 spiro atoms. The van der Waals surface area contributed by atoms with Gasteiger partial charge in [-0.3, -0.25) is 4.79 Å². The number of methoxy groups -OCH3 is 1. The van der Waals surface area contributed by atoms with E-state index in [1.807, 2.05) is 31.2 Å². The van der Waals surface area contributed by atoms with E-state index in [1.165, 1.54) is 0 Å². The van der Waals surface area contributed by atoms with Gasteiger partial charge in [-0.05, 0) is 30.0 Å². The summed E-state index contributed by atoms with van der Waals surface area (Å²) in [6.45, 7) is 2.04. The number of aliphatic carboxylic acids is 1. The van der Waals surface area contributed by atoms with Gasteiger partial charge in [0.05, 0.1) is 12.5 Å². The van der Waals surface area contributed by atoms with Crippen LogP contribution in [0.2, 0.25) is 0 Å². The molecule has 1 fully saturated rings. The second-order valence-corrected chi connectivity index (χ2v) is 4.32. The third kappa shape index (κ3) is 1.47. The Bertz CT molecular complexity index is 413. The Morgan fingerprint density at radius 2 is 2.38 bits per heavy atom. The van der Waals surface area contributed by atoms with Crippen molar-refractivity contribution in [3.8, 4) is 5.75 Å². The Morgan fingerprint density at radius 1 is 1.62 bits per heavy atom. The van der Waals surface area contributed by atoms with Crippen molar-refractivity contribution in [2.24, 2.45) is 5.92 Å². The number of carboxylic acids is 1. The summed E-state index contributed by atoms with van der Waals surface area (Å²) in [7, 11) is 1.59. The highest BCUT2D eigenvalue weighted by molar-refractivity contribution is 5.86. The topological polar surface area (TPSA) is 46.5 Å². The second-order valence-electron chi connectivity index (χ2n) is 4.32. The lowest BCUT2D eigenvalue weighted by atomic mass is 9.92. The lowest BCUT2D eigenvalue weighted by Gasteiger charge is -2.13. The molecule has 1 aromatic rings. The summed E-state index contributed by atoms with van der Waals surface area (Å²) in [5.74, 6) is 0.268. The van der Waals surface area contributed by atoms with Crippen LogP contribution in [-0.4, -0.2) is 18.2 Å². The van der Waals surface area contributed by atoms with Gasteiger partial charge in [0.25, 0.3) is 0 Å². The van der Waals surface area contributed by atoms with Crippen LogP contribution < -0.4 is 4.74 Å². The molecule has 0 amide bonds. The van der Waals surface area contributed by atoms with E-state index in [0.717, 1.165) is 24.2 Å². The smallest absolute Gasteiger partial charge is 0.314 e. The van der Waals surface area contributed by atoms with E-state index >= 15 is 0 Å². The normalized spacial score (nSPS) is 27.5. The maximum Gasteiger partial charge on any atom is 0.314 e. The molecule has 3 nitrogen and oxygen atoms in total. The first-order valence-corrected chi connectivity index (χ1v) is 5.53. The summed E-state index contributed by atoms with van der Waals surface area (Å²) in [6, 6.07) is 7.41. The fourth-order valence-corrected chi connectivity index (χ4v) is 2.46. The van der Waals surface area contributed by atoms with E-state index in [1.54, 1.807) is 7.11 Å². The van der Waals surface area contributed by atoms with Crippen molar-refractivity contribution in [3.05, 3.63) is 29.8 Å². The zero-order chi connectivity index (χ0) is 11.8. The second kappa shape index (κ2) is 3.81. The molecule has 1 N–H and O–H groups in total. The minimum Gasteiger partial charge on any atom is -0.497 e. The van der Waals surface area contributed by atoms with Crippen molar-refractivity contribution in [1.29, 1.82) is 0 Å². The highest BCUT2D eigenvalue weighted by Crippen LogP contribution is 2.56. The number of ether oxygens (including phenoxy) is 1. The van der Waals surface area contributed by atoms with E-state index in [0.29, 0.717) is 0 Å². The predicted molar refractivity (Wildman–Crippen MR) is 60.7 cm³/mol. The fraction of sp³-hybridized carbons (Fsp3) is 0.462. The molecule has 1 saturated carbocycles. The first kappa shape index (κ1) is 11.0. The molecule has 2 unspecified atom stereocenters. The fourth-order valence-electron chi connectivity index (χ4n) is 2.46. The number of carboxylic acid groups (broad SMARTS) is 1. The van der Waals surface area contributed by atoms with Gasteiger partial charge in [-0.1, -0.05) is 25.5 Å². The number of rotatable bonds is 4. The molecular formula is C13H16O3. The highest BCUT2D eigenvalue weighted by atomic mass is 16.5. The zero-order valence-electron chi connectivity index (χ0n) is 9.56. The third-order valence-corrected chi connectivity index (χ3v) is 3.56. The molecule has 0 bridgehead atoms. The number of hydrogen-bond acceptors (Lipinski definition) is 2. The Kier molecular flexibility index (Phi) is 2.62. The Balaban J connectivity index is 2.38. The predicted octanol–water partition coefficient (Wildman–Crippen LogP) is 2.45. The van der Waals surface area contributed by atoms with E-state index in [-0.39, 0.29) is 5.92 Å². The Morgan fingerprint density at radius 3 is 2.88 bits per heavy atom. The van der Waals surface area contributed by atoms with Gasteiger partial charge < -0.3 is 9.84 Å². The van der Waals surface area contributed by atoms with Gasteiger partial charge in [-0.2, -0.15) is 0 Å². The van der Waals surface area contributed by atoms with Gasteiger partial charge in [0.15, 0.2) is 0 Å². The van der Waals surface area contributed by atoms with Gasteiger partial charge in [-0.25, -0.2) is 0 Å². The summed E-state index contributed by atoms with van der Waals surface area (Å²) in [4.78, 5) is 11.4. The van der Waals surface area contributed by atoms with Crippen LogP contribution in [0.1, 0.15) is 25.3 Å². The summed E-state index contributed by atoms with van der Waals surface area (Å²) in [5, 5.41) is 9.38. The van der Waals surface area contributed by atoms with Gasteiger partial charge in [0, 0.05) is 0 Å². The monoisotopic (exact) mass is 220 g/mol. The first-order valence-electron chi connectivity index (χ1n) is 5.53. The number of hydrogen-bond donors (Lipinski definition) is 1. The molecule has 1 aromatic carbocycles. The van der Waals surface area contributed by atoms with Crippen molar-refractivity contribution in [2.45, 2.75) is 25.2 Å². The maximum absolute atomic E-state index is 11.4. The van der Waals surface area contributed by atoms with Gasteiger partial charge in [0.2, 0.25) is 0 Å². The molecule has 2 atom stereocenters. The molecule has 0 radical (unpaired) electrons. The van der Waals surface area contributed by atoms with Crippen LogP contribution >= 0.6 is 0 Å². The Hall–Kier alpha value is -1.51. The molecule has 16 heavy (non-hydrogen) atoms. The van der Waals surface area contributed by atoms with Crippen LogP contribution in [0, 0.1) is 5.92 Å². The molecule has 0 aliphatic heterocycles. The summed E-state index contributed by atoms with van der Waals surface area (Å²) in [6.07, 6.45) is 1.65. The van der Waals surface area contributed by atoms with Crippen LogP contribution in [0.4, 0.5) is 0 Å². The molecule has 0 aromatic heterocycles. The molecular weight excluding hydrogens is 204 g/mol. The summed E-state index contributed by atoms with van der Waals surface area (Å²) in [5.41, 5.74) is 0.203. The molecule has 2 rings (SSSR count). The van der Waals surface area contributed by atoms with Gasteiger partial charge >= 0.3 is 5.97 Å². The van der Waals surface area contributed by atoms with E-state index in [4.69, 9.17) is 4.74 Å². The van der Waals surface area contributed by atoms with Gasteiger partial charge in [-0.15, -0.1) is 0 Å². The lowest BCUT2D eigenvalue weighted by Crippen LogP contribution is -2.22. The van der Waals surface area contributed by atoms with Gasteiger partial charge in [0.1, 0.15) is 5.75 Å². The van der Waals surface area contributed by atoms with Crippen molar-refractivity contribution in [2.75, 3.05) is 7.11 Å². The van der Waals surface area contributed by atoms with Crippen molar-refractivity contribution < 1.29 is 14.6 Å². The van der Waals surface area contributed by atoms with Crippen LogP contribution in [0.5, 0.6) is 5.75 Å².